The Morgan fingerprint density at radius 3 is 2.75 bits per heavy atom. The molecule has 1 saturated heterocycles. The summed E-state index contributed by atoms with van der Waals surface area (Å²) in [4.78, 5) is 18.3. The van der Waals surface area contributed by atoms with Gasteiger partial charge in [-0.2, -0.15) is 0 Å². The average Bonchev–Trinajstić information content (AvgIpc) is 2.78. The van der Waals surface area contributed by atoms with Gasteiger partial charge < -0.3 is 9.64 Å². The van der Waals surface area contributed by atoms with Crippen molar-refractivity contribution in [2.24, 2.45) is 0 Å². The van der Waals surface area contributed by atoms with E-state index in [0.29, 0.717) is 6.61 Å². The quantitative estimate of drug-likeness (QED) is 0.553. The highest BCUT2D eigenvalue weighted by atomic mass is 16.5. The molecule has 0 amide bonds. The molecule has 4 rings (SSSR count). The molecule has 1 atom stereocenters. The lowest BCUT2D eigenvalue weighted by Gasteiger charge is -2.40. The Bertz CT molecular complexity index is 1040. The molecule has 1 fully saturated rings. The zero-order valence-electron chi connectivity index (χ0n) is 19.6. The first kappa shape index (κ1) is 22.2. The van der Waals surface area contributed by atoms with Gasteiger partial charge in [0, 0.05) is 44.9 Å². The van der Waals surface area contributed by atoms with Crippen LogP contribution in [0.15, 0.2) is 54.7 Å². The van der Waals surface area contributed by atoms with E-state index < -0.39 is 0 Å². The maximum Gasteiger partial charge on any atom is 0.132 e. The van der Waals surface area contributed by atoms with Crippen molar-refractivity contribution in [3.05, 3.63) is 77.5 Å². The van der Waals surface area contributed by atoms with Crippen LogP contribution < -0.4 is 9.64 Å². The van der Waals surface area contributed by atoms with Crippen molar-refractivity contribution in [2.45, 2.75) is 45.3 Å². The SMILES string of the molecule is Cc1nc(N(C)C)cc([C@@]2(C)CCCN(Cc3cccc(OCc4ccccn4)c3)C2)n1. The van der Waals surface area contributed by atoms with E-state index in [-0.39, 0.29) is 5.41 Å². The van der Waals surface area contributed by atoms with Gasteiger partial charge >= 0.3 is 0 Å². The van der Waals surface area contributed by atoms with Crippen molar-refractivity contribution in [2.75, 3.05) is 32.1 Å². The van der Waals surface area contributed by atoms with E-state index in [4.69, 9.17) is 9.72 Å². The first-order valence-corrected chi connectivity index (χ1v) is 11.3. The third-order valence-corrected chi connectivity index (χ3v) is 6.09. The van der Waals surface area contributed by atoms with Gasteiger partial charge in [-0.05, 0) is 56.1 Å². The van der Waals surface area contributed by atoms with Crippen LogP contribution in [0.2, 0.25) is 0 Å². The van der Waals surface area contributed by atoms with Gasteiger partial charge in [0.1, 0.15) is 24.0 Å². The van der Waals surface area contributed by atoms with Gasteiger partial charge in [-0.25, -0.2) is 9.97 Å². The predicted octanol–water partition coefficient (Wildman–Crippen LogP) is 4.38. The van der Waals surface area contributed by atoms with Gasteiger partial charge in [0.05, 0.1) is 11.4 Å². The van der Waals surface area contributed by atoms with Gasteiger partial charge in [0.15, 0.2) is 0 Å². The summed E-state index contributed by atoms with van der Waals surface area (Å²) >= 11 is 0. The molecule has 3 heterocycles. The monoisotopic (exact) mass is 431 g/mol. The van der Waals surface area contributed by atoms with E-state index >= 15 is 0 Å². The number of ether oxygens (including phenoxy) is 1. The van der Waals surface area contributed by atoms with Crippen LogP contribution in [0.25, 0.3) is 0 Å². The van der Waals surface area contributed by atoms with Crippen LogP contribution in [0.3, 0.4) is 0 Å². The van der Waals surface area contributed by atoms with Gasteiger partial charge in [0.2, 0.25) is 0 Å². The Kier molecular flexibility index (Phi) is 6.70. The minimum atomic E-state index is 0.0177. The Morgan fingerprint density at radius 1 is 1.09 bits per heavy atom. The highest BCUT2D eigenvalue weighted by Crippen LogP contribution is 2.34. The summed E-state index contributed by atoms with van der Waals surface area (Å²) < 4.78 is 5.98. The number of likely N-dealkylation sites (tertiary alicyclic amines) is 1. The maximum atomic E-state index is 5.98. The van der Waals surface area contributed by atoms with Crippen LogP contribution in [-0.4, -0.2) is 47.0 Å². The number of rotatable bonds is 7. The molecular weight excluding hydrogens is 398 g/mol. The molecule has 6 nitrogen and oxygen atoms in total. The zero-order chi connectivity index (χ0) is 22.6. The number of hydrogen-bond donors (Lipinski definition) is 0. The van der Waals surface area contributed by atoms with Crippen molar-refractivity contribution >= 4 is 5.82 Å². The Balaban J connectivity index is 1.44. The molecule has 0 aliphatic carbocycles. The van der Waals surface area contributed by atoms with Crippen LogP contribution in [-0.2, 0) is 18.6 Å². The summed E-state index contributed by atoms with van der Waals surface area (Å²) in [6, 6.07) is 16.4. The third-order valence-electron chi connectivity index (χ3n) is 6.09. The second-order valence-electron chi connectivity index (χ2n) is 9.19. The predicted molar refractivity (Wildman–Crippen MR) is 128 cm³/mol. The zero-order valence-corrected chi connectivity index (χ0v) is 19.6. The molecule has 0 radical (unpaired) electrons. The average molecular weight is 432 g/mol. The topological polar surface area (TPSA) is 54.4 Å². The number of piperidine rings is 1. The molecule has 1 aromatic carbocycles. The van der Waals surface area contributed by atoms with Crippen LogP contribution in [0, 0.1) is 6.92 Å². The van der Waals surface area contributed by atoms with Crippen molar-refractivity contribution in [1.82, 2.24) is 19.9 Å². The van der Waals surface area contributed by atoms with Gasteiger partial charge in [-0.1, -0.05) is 25.1 Å². The standard InChI is InChI=1S/C26H33N5O/c1-20-28-24(16-25(29-20)30(3)4)26(2)12-8-14-31(19-26)17-21-9-7-11-23(15-21)32-18-22-10-5-6-13-27-22/h5-7,9-11,13,15-16H,8,12,14,17-19H2,1-4H3/t26-/m0/s1. The van der Waals surface area contributed by atoms with Crippen LogP contribution in [0.4, 0.5) is 5.82 Å². The van der Waals surface area contributed by atoms with E-state index in [0.717, 1.165) is 61.3 Å². The second-order valence-corrected chi connectivity index (χ2v) is 9.19. The fraction of sp³-hybridized carbons (Fsp3) is 0.423. The summed E-state index contributed by atoms with van der Waals surface area (Å²) in [5.74, 6) is 2.70. The number of aryl methyl sites for hydroxylation is 1. The van der Waals surface area contributed by atoms with Gasteiger partial charge in [-0.15, -0.1) is 0 Å². The number of aromatic nitrogens is 3. The van der Waals surface area contributed by atoms with E-state index in [1.807, 2.05) is 45.3 Å². The minimum Gasteiger partial charge on any atom is -0.487 e. The lowest BCUT2D eigenvalue weighted by molar-refractivity contribution is 0.147. The fourth-order valence-corrected chi connectivity index (χ4v) is 4.41. The summed E-state index contributed by atoms with van der Waals surface area (Å²) in [6.45, 7) is 7.78. The number of hydrogen-bond acceptors (Lipinski definition) is 6. The van der Waals surface area contributed by atoms with E-state index in [1.54, 1.807) is 6.20 Å². The smallest absolute Gasteiger partial charge is 0.132 e. The Morgan fingerprint density at radius 2 is 1.97 bits per heavy atom. The summed E-state index contributed by atoms with van der Waals surface area (Å²) in [5, 5.41) is 0. The van der Waals surface area contributed by atoms with Crippen molar-refractivity contribution in [3.63, 3.8) is 0 Å². The minimum absolute atomic E-state index is 0.0177. The molecule has 0 unspecified atom stereocenters. The van der Waals surface area contributed by atoms with Crippen molar-refractivity contribution in [1.29, 1.82) is 0 Å². The van der Waals surface area contributed by atoms with Crippen LogP contribution >= 0.6 is 0 Å². The van der Waals surface area contributed by atoms with E-state index in [9.17, 15) is 0 Å². The van der Waals surface area contributed by atoms with Gasteiger partial charge in [0.25, 0.3) is 0 Å². The molecule has 0 bridgehead atoms. The van der Waals surface area contributed by atoms with Gasteiger partial charge in [-0.3, -0.25) is 9.88 Å². The summed E-state index contributed by atoms with van der Waals surface area (Å²) in [5.41, 5.74) is 3.36. The molecule has 0 spiro atoms. The summed E-state index contributed by atoms with van der Waals surface area (Å²) in [6.07, 6.45) is 4.09. The van der Waals surface area contributed by atoms with Crippen molar-refractivity contribution < 1.29 is 4.74 Å². The fourth-order valence-electron chi connectivity index (χ4n) is 4.41. The van der Waals surface area contributed by atoms with Crippen molar-refractivity contribution in [3.8, 4) is 5.75 Å². The lowest BCUT2D eigenvalue weighted by atomic mass is 9.78. The van der Waals surface area contributed by atoms with E-state index in [2.05, 4.69) is 51.0 Å². The number of anilines is 1. The number of benzene rings is 1. The second kappa shape index (κ2) is 9.65. The normalized spacial score (nSPS) is 19.0. The largest absolute Gasteiger partial charge is 0.487 e. The molecular formula is C26H33N5O. The maximum absolute atomic E-state index is 5.98. The molecule has 3 aromatic rings. The van der Waals surface area contributed by atoms with Crippen LogP contribution in [0.1, 0.15) is 42.5 Å². The molecule has 1 aliphatic rings. The molecule has 0 saturated carbocycles. The number of nitrogens with zero attached hydrogens (tertiary/aromatic N) is 5. The summed E-state index contributed by atoms with van der Waals surface area (Å²) in [7, 11) is 4.06. The molecule has 1 aliphatic heterocycles. The third kappa shape index (κ3) is 5.43. The highest BCUT2D eigenvalue weighted by molar-refractivity contribution is 5.40. The number of pyridine rings is 1. The first-order chi connectivity index (χ1) is 15.4. The Labute approximate surface area is 191 Å². The lowest BCUT2D eigenvalue weighted by Crippen LogP contribution is -2.44. The molecule has 168 valence electrons. The Hall–Kier alpha value is -2.99. The molecule has 32 heavy (non-hydrogen) atoms. The molecule has 0 N–H and O–H groups in total. The van der Waals surface area contributed by atoms with Crippen LogP contribution in [0.5, 0.6) is 5.75 Å². The first-order valence-electron chi connectivity index (χ1n) is 11.3. The highest BCUT2D eigenvalue weighted by Gasteiger charge is 2.34. The molecule has 6 heteroatoms. The molecule has 2 aromatic heterocycles. The van der Waals surface area contributed by atoms with E-state index in [1.165, 1.54) is 5.56 Å².